The molecule has 0 spiro atoms. The molecule has 1 atom stereocenters. The number of carboxylic acid groups (broad SMARTS) is 2. The Morgan fingerprint density at radius 3 is 1.77 bits per heavy atom. The van der Waals surface area contributed by atoms with Crippen molar-refractivity contribution in [1.82, 2.24) is 19.9 Å². The minimum Gasteiger partial charge on any atom is -0.481 e. The standard InChI is InChI=1S/C34H36N4O4S/c1-7-21-16(2)26-14-31-34(20(6)43)19(5)27(38-31)12-24-17(3)22(8-10-32(39)40)29(36-24)15-30-23(9-11-33(41)42)18(4)25(37-30)13-28(21)35-26/h7,12-15,20,35,38,43H,1,8-11H2,2-6H3,(H,39,40)(H,41,42)/t20-/m1/s1. The number of carbonyl (C=O) groups is 2. The van der Waals surface area contributed by atoms with Crippen LogP contribution in [0.4, 0.5) is 0 Å². The maximum Gasteiger partial charge on any atom is 0.303 e. The van der Waals surface area contributed by atoms with Gasteiger partial charge in [0.25, 0.3) is 0 Å². The van der Waals surface area contributed by atoms with Crippen molar-refractivity contribution in [1.29, 1.82) is 0 Å². The first-order valence-electron chi connectivity index (χ1n) is 14.3. The summed E-state index contributed by atoms with van der Waals surface area (Å²) in [5, 5.41) is 18.9. The molecule has 2 aliphatic heterocycles. The van der Waals surface area contributed by atoms with Crippen LogP contribution in [0.2, 0.25) is 0 Å². The Kier molecular flexibility index (Phi) is 8.21. The second-order valence-electron chi connectivity index (χ2n) is 11.2. The maximum absolute atomic E-state index is 11.6. The van der Waals surface area contributed by atoms with Gasteiger partial charge in [0.2, 0.25) is 0 Å². The fourth-order valence-corrected chi connectivity index (χ4v) is 6.37. The number of H-pyrrole nitrogens is 2. The first kappa shape index (κ1) is 30.1. The van der Waals surface area contributed by atoms with Crippen LogP contribution in [0.5, 0.6) is 0 Å². The first-order valence-corrected chi connectivity index (χ1v) is 14.8. The van der Waals surface area contributed by atoms with Crippen LogP contribution < -0.4 is 0 Å². The Morgan fingerprint density at radius 2 is 1.28 bits per heavy atom. The van der Waals surface area contributed by atoms with Gasteiger partial charge in [-0.3, -0.25) is 9.59 Å². The van der Waals surface area contributed by atoms with E-state index >= 15 is 0 Å². The molecule has 3 aromatic rings. The average Bonchev–Trinajstić information content (AvgIpc) is 3.59. The minimum absolute atomic E-state index is 0.0332. The van der Waals surface area contributed by atoms with Gasteiger partial charge in [-0.1, -0.05) is 12.7 Å². The molecule has 3 aromatic heterocycles. The zero-order valence-electron chi connectivity index (χ0n) is 25.1. The van der Waals surface area contributed by atoms with Gasteiger partial charge in [-0.25, -0.2) is 9.97 Å². The number of thiol groups is 1. The number of nitrogens with one attached hydrogen (secondary N) is 2. The van der Waals surface area contributed by atoms with Gasteiger partial charge in [0.05, 0.1) is 22.8 Å². The number of aromatic nitrogens is 4. The molecule has 8 bridgehead atoms. The molecule has 222 valence electrons. The summed E-state index contributed by atoms with van der Waals surface area (Å²) in [5.41, 5.74) is 14.0. The van der Waals surface area contributed by atoms with Crippen LogP contribution in [-0.2, 0) is 9.59 Å². The number of rotatable bonds is 8. The number of allylic oxidation sites excluding steroid dienone is 4. The van der Waals surface area contributed by atoms with Crippen molar-refractivity contribution < 1.29 is 19.8 Å². The van der Waals surface area contributed by atoms with Gasteiger partial charge in [-0.05, 0) is 111 Å². The van der Waals surface area contributed by atoms with Crippen molar-refractivity contribution in [3.63, 3.8) is 0 Å². The van der Waals surface area contributed by atoms with Crippen molar-refractivity contribution in [3.8, 4) is 0 Å². The molecule has 5 rings (SSSR count). The van der Waals surface area contributed by atoms with E-state index in [1.54, 1.807) is 0 Å². The Hall–Kier alpha value is -4.37. The summed E-state index contributed by atoms with van der Waals surface area (Å²) in [6.07, 6.45) is 2.37. The molecule has 0 aliphatic carbocycles. The van der Waals surface area contributed by atoms with Crippen LogP contribution in [-0.4, -0.2) is 42.1 Å². The number of hydrogen-bond donors (Lipinski definition) is 5. The Balaban J connectivity index is 1.94. The van der Waals surface area contributed by atoms with Crippen molar-refractivity contribution in [2.75, 3.05) is 0 Å². The summed E-state index contributed by atoms with van der Waals surface area (Å²) in [7, 11) is 0. The number of aliphatic carboxylic acids is 2. The Morgan fingerprint density at radius 1 is 0.791 bits per heavy atom. The fourth-order valence-electron chi connectivity index (χ4n) is 6.04. The normalized spacial score (nSPS) is 13.9. The lowest BCUT2D eigenvalue weighted by Crippen LogP contribution is -1.97. The van der Waals surface area contributed by atoms with E-state index in [1.165, 1.54) is 0 Å². The summed E-state index contributed by atoms with van der Waals surface area (Å²) in [4.78, 5) is 40.2. The van der Waals surface area contributed by atoms with Gasteiger partial charge in [0.15, 0.2) is 0 Å². The number of nitrogens with zero attached hydrogens (tertiary/aromatic N) is 2. The van der Waals surface area contributed by atoms with Gasteiger partial charge in [0.1, 0.15) is 0 Å². The molecular weight excluding hydrogens is 560 g/mol. The molecule has 43 heavy (non-hydrogen) atoms. The zero-order valence-corrected chi connectivity index (χ0v) is 25.9. The largest absolute Gasteiger partial charge is 0.481 e. The second kappa shape index (κ2) is 11.7. The van der Waals surface area contributed by atoms with E-state index in [-0.39, 0.29) is 18.1 Å². The van der Waals surface area contributed by atoms with Crippen molar-refractivity contribution >= 4 is 75.0 Å². The van der Waals surface area contributed by atoms with E-state index in [0.717, 1.165) is 78.0 Å². The molecule has 8 nitrogen and oxygen atoms in total. The van der Waals surface area contributed by atoms with Gasteiger partial charge in [-0.15, -0.1) is 0 Å². The second-order valence-corrected chi connectivity index (χ2v) is 12.0. The van der Waals surface area contributed by atoms with E-state index in [0.29, 0.717) is 24.2 Å². The highest BCUT2D eigenvalue weighted by atomic mass is 32.1. The number of hydrogen-bond acceptors (Lipinski definition) is 5. The van der Waals surface area contributed by atoms with E-state index in [9.17, 15) is 19.8 Å². The number of carboxylic acids is 2. The molecule has 0 saturated carbocycles. The van der Waals surface area contributed by atoms with Gasteiger partial charge in [-0.2, -0.15) is 12.6 Å². The summed E-state index contributed by atoms with van der Waals surface area (Å²) in [6.45, 7) is 14.1. The highest BCUT2D eigenvalue weighted by Crippen LogP contribution is 2.38. The van der Waals surface area contributed by atoms with E-state index in [1.807, 2.05) is 45.0 Å². The lowest BCUT2D eigenvalue weighted by molar-refractivity contribution is -0.137. The molecule has 2 aliphatic rings. The summed E-state index contributed by atoms with van der Waals surface area (Å²) >= 11 is 4.80. The summed E-state index contributed by atoms with van der Waals surface area (Å²) in [5.74, 6) is -1.77. The number of aryl methyl sites for hydroxylation is 2. The van der Waals surface area contributed by atoms with Crippen molar-refractivity contribution in [2.24, 2.45) is 0 Å². The lowest BCUT2D eigenvalue weighted by atomic mass is 9.98. The highest BCUT2D eigenvalue weighted by molar-refractivity contribution is 7.80. The molecule has 9 heteroatoms. The molecule has 0 saturated heterocycles. The quantitative estimate of drug-likeness (QED) is 0.167. The Labute approximate surface area is 255 Å². The van der Waals surface area contributed by atoms with Crippen LogP contribution in [0.1, 0.15) is 96.7 Å². The minimum atomic E-state index is -0.888. The van der Waals surface area contributed by atoms with E-state index < -0.39 is 11.9 Å². The van der Waals surface area contributed by atoms with Crippen LogP contribution in [0, 0.1) is 13.8 Å². The maximum atomic E-state index is 11.6. The van der Waals surface area contributed by atoms with Crippen molar-refractivity contribution in [2.45, 2.75) is 65.6 Å². The summed E-state index contributed by atoms with van der Waals surface area (Å²) in [6, 6.07) is 7.95. The summed E-state index contributed by atoms with van der Waals surface area (Å²) < 4.78 is 0. The first-order chi connectivity index (χ1) is 20.4. The predicted octanol–water partition coefficient (Wildman–Crippen LogP) is 8.16. The molecule has 0 fully saturated rings. The molecule has 0 amide bonds. The van der Waals surface area contributed by atoms with Crippen molar-refractivity contribution in [3.05, 3.63) is 75.9 Å². The molecule has 0 unspecified atom stereocenters. The van der Waals surface area contributed by atoms with E-state index in [2.05, 4.69) is 36.5 Å². The SMILES string of the molecule is C=Cc1c(C)c2cc3[nH]c(cc4nc(cc5nc(cc1[nH]2)C(C)=C5CCC(=O)O)C(CCC(=O)O)=C4C)c(C)c3[C@@H](C)S. The third-order valence-corrected chi connectivity index (χ3v) is 8.69. The van der Waals surface area contributed by atoms with E-state index in [4.69, 9.17) is 22.6 Å². The smallest absolute Gasteiger partial charge is 0.303 e. The lowest BCUT2D eigenvalue weighted by Gasteiger charge is -2.05. The number of fused-ring (bicyclic) bond motifs is 8. The Bertz CT molecular complexity index is 1920. The molecular formula is C34H36N4O4S. The average molecular weight is 597 g/mol. The monoisotopic (exact) mass is 596 g/mol. The third-order valence-electron chi connectivity index (χ3n) is 8.43. The number of aromatic amines is 2. The predicted molar refractivity (Wildman–Crippen MR) is 177 cm³/mol. The molecule has 5 heterocycles. The highest BCUT2D eigenvalue weighted by Gasteiger charge is 2.23. The van der Waals surface area contributed by atoms with Gasteiger partial charge >= 0.3 is 11.9 Å². The molecule has 0 aromatic carbocycles. The third kappa shape index (κ3) is 5.69. The van der Waals surface area contributed by atoms with Gasteiger partial charge in [0, 0.05) is 45.7 Å². The van der Waals surface area contributed by atoms with Crippen LogP contribution >= 0.6 is 12.6 Å². The molecule has 0 radical (unpaired) electrons. The fraction of sp³-hybridized carbons (Fsp3) is 0.294. The topological polar surface area (TPSA) is 132 Å². The molecule has 4 N–H and O–H groups in total. The van der Waals surface area contributed by atoms with Crippen LogP contribution in [0.3, 0.4) is 0 Å². The van der Waals surface area contributed by atoms with Crippen LogP contribution in [0.15, 0.2) is 30.8 Å². The van der Waals surface area contributed by atoms with Crippen LogP contribution in [0.25, 0.3) is 50.4 Å². The van der Waals surface area contributed by atoms with Gasteiger partial charge < -0.3 is 20.2 Å². The zero-order chi connectivity index (χ0) is 31.2.